The van der Waals surface area contributed by atoms with Crippen molar-refractivity contribution in [1.82, 2.24) is 0 Å². The van der Waals surface area contributed by atoms with E-state index in [1.807, 2.05) is 24.3 Å². The molecule has 4 heteroatoms. The molecule has 0 saturated carbocycles. The minimum atomic E-state index is -0.0724. The van der Waals surface area contributed by atoms with Gasteiger partial charge in [0.2, 0.25) is 6.29 Å². The zero-order valence-electron chi connectivity index (χ0n) is 9.07. The van der Waals surface area contributed by atoms with Crippen molar-refractivity contribution in [3.05, 3.63) is 42.0 Å². The second-order valence-electron chi connectivity index (χ2n) is 3.57. The van der Waals surface area contributed by atoms with E-state index < -0.39 is 0 Å². The molecule has 2 aromatic rings. The highest BCUT2D eigenvalue weighted by atomic mass is 16.5. The Morgan fingerprint density at radius 1 is 1.24 bits per heavy atom. The predicted molar refractivity (Wildman–Crippen MR) is 66.2 cm³/mol. The molecule has 0 bridgehead atoms. The molecule has 0 aromatic heterocycles. The van der Waals surface area contributed by atoms with Gasteiger partial charge in [-0.25, -0.2) is 0 Å². The Bertz CT molecular complexity index is 579. The van der Waals surface area contributed by atoms with E-state index in [9.17, 15) is 4.79 Å². The number of hydrogen-bond donors (Lipinski definition) is 2. The van der Waals surface area contributed by atoms with Crippen LogP contribution < -0.4 is 10.5 Å². The topological polar surface area (TPSA) is 76.2 Å². The lowest BCUT2D eigenvalue weighted by molar-refractivity contribution is 0.365. The summed E-state index contributed by atoms with van der Waals surface area (Å²) in [5, 5.41) is 9.30. The average Bonchev–Trinajstić information content (AvgIpc) is 2.35. The third-order valence-electron chi connectivity index (χ3n) is 2.42. The molecule has 3 N–H and O–H groups in total. The molecule has 0 heterocycles. The standard InChI is InChI=1S/C13H11N2O2/c14-13(15)11-2-1-10-8-12(17-6-5-16)4-3-9(10)7-11/h1-4,7-8H,6H2,(H3,14,15). The summed E-state index contributed by atoms with van der Waals surface area (Å²) >= 11 is 0. The van der Waals surface area contributed by atoms with Crippen LogP contribution in [0, 0.1) is 5.41 Å². The van der Waals surface area contributed by atoms with Crippen LogP contribution in [0.4, 0.5) is 0 Å². The van der Waals surface area contributed by atoms with E-state index in [0.29, 0.717) is 11.3 Å². The van der Waals surface area contributed by atoms with Crippen molar-refractivity contribution in [1.29, 1.82) is 5.41 Å². The van der Waals surface area contributed by atoms with Gasteiger partial charge in [-0.2, -0.15) is 0 Å². The van der Waals surface area contributed by atoms with Crippen molar-refractivity contribution in [2.75, 3.05) is 6.61 Å². The fourth-order valence-electron chi connectivity index (χ4n) is 1.59. The Kier molecular flexibility index (Phi) is 3.05. The van der Waals surface area contributed by atoms with Gasteiger partial charge in [0.1, 0.15) is 11.6 Å². The highest BCUT2D eigenvalue weighted by molar-refractivity contribution is 5.99. The lowest BCUT2D eigenvalue weighted by Crippen LogP contribution is -2.10. The number of nitrogens with one attached hydrogen (secondary N) is 1. The van der Waals surface area contributed by atoms with Crippen LogP contribution in [0.1, 0.15) is 5.56 Å². The third-order valence-corrected chi connectivity index (χ3v) is 2.42. The molecule has 0 spiro atoms. The van der Waals surface area contributed by atoms with Crippen molar-refractivity contribution in [3.8, 4) is 5.75 Å². The highest BCUT2D eigenvalue weighted by Crippen LogP contribution is 2.21. The zero-order chi connectivity index (χ0) is 12.3. The second-order valence-corrected chi connectivity index (χ2v) is 3.57. The monoisotopic (exact) mass is 227 g/mol. The van der Waals surface area contributed by atoms with Crippen molar-refractivity contribution in [2.24, 2.45) is 5.73 Å². The molecule has 2 rings (SSSR count). The van der Waals surface area contributed by atoms with Crippen molar-refractivity contribution in [3.63, 3.8) is 0 Å². The number of nitrogens with two attached hydrogens (primary N) is 1. The summed E-state index contributed by atoms with van der Waals surface area (Å²) in [6.07, 6.45) is 1.67. The minimum Gasteiger partial charge on any atom is -0.485 e. The first-order chi connectivity index (χ1) is 8.20. The van der Waals surface area contributed by atoms with Gasteiger partial charge in [-0.05, 0) is 29.0 Å². The van der Waals surface area contributed by atoms with E-state index in [2.05, 4.69) is 0 Å². The molecule has 0 aliphatic heterocycles. The highest BCUT2D eigenvalue weighted by Gasteiger charge is 2.01. The fraction of sp³-hybridized carbons (Fsp3) is 0.0769. The number of ether oxygens (including phenoxy) is 1. The number of benzene rings is 2. The Hall–Kier alpha value is -2.36. The van der Waals surface area contributed by atoms with Crippen LogP contribution in [0.3, 0.4) is 0 Å². The summed E-state index contributed by atoms with van der Waals surface area (Å²) in [7, 11) is 0. The number of hydrogen-bond acceptors (Lipinski definition) is 3. The molecule has 0 aliphatic carbocycles. The maximum Gasteiger partial charge on any atom is 0.239 e. The SMILES string of the molecule is N=C(N)c1ccc2cc(OC[C]=O)ccc2c1. The Morgan fingerprint density at radius 3 is 2.65 bits per heavy atom. The molecular formula is C13H11N2O2. The van der Waals surface area contributed by atoms with Gasteiger partial charge in [0, 0.05) is 5.56 Å². The maximum atomic E-state index is 10.1. The predicted octanol–water partition coefficient (Wildman–Crippen LogP) is 1.61. The van der Waals surface area contributed by atoms with E-state index in [0.717, 1.165) is 10.8 Å². The zero-order valence-corrected chi connectivity index (χ0v) is 9.07. The molecule has 0 aliphatic rings. The van der Waals surface area contributed by atoms with Crippen molar-refractivity contribution >= 4 is 22.9 Å². The number of carbonyl (C=O) groups excluding carboxylic acids is 1. The molecule has 85 valence electrons. The van der Waals surface area contributed by atoms with E-state index in [-0.39, 0.29) is 12.4 Å². The van der Waals surface area contributed by atoms with Crippen LogP contribution in [0.2, 0.25) is 0 Å². The quantitative estimate of drug-likeness (QED) is 0.615. The number of fused-ring (bicyclic) bond motifs is 1. The van der Waals surface area contributed by atoms with Crippen LogP contribution in [0.5, 0.6) is 5.75 Å². The Morgan fingerprint density at radius 2 is 1.94 bits per heavy atom. The molecule has 17 heavy (non-hydrogen) atoms. The normalized spacial score (nSPS) is 10.1. The van der Waals surface area contributed by atoms with E-state index in [1.54, 1.807) is 18.4 Å². The maximum absolute atomic E-state index is 10.1. The second kappa shape index (κ2) is 4.65. The number of amidine groups is 1. The van der Waals surface area contributed by atoms with Gasteiger partial charge >= 0.3 is 0 Å². The van der Waals surface area contributed by atoms with Crippen LogP contribution >= 0.6 is 0 Å². The first-order valence-electron chi connectivity index (χ1n) is 5.07. The lowest BCUT2D eigenvalue weighted by Gasteiger charge is -2.05. The average molecular weight is 227 g/mol. The molecule has 4 nitrogen and oxygen atoms in total. The summed E-state index contributed by atoms with van der Waals surface area (Å²) in [5.41, 5.74) is 6.10. The van der Waals surface area contributed by atoms with Crippen molar-refractivity contribution < 1.29 is 9.53 Å². The van der Waals surface area contributed by atoms with Gasteiger partial charge in [0.15, 0.2) is 6.61 Å². The van der Waals surface area contributed by atoms with Gasteiger partial charge in [-0.15, -0.1) is 0 Å². The van der Waals surface area contributed by atoms with E-state index in [4.69, 9.17) is 15.9 Å². The first kappa shape index (κ1) is 11.1. The summed E-state index contributed by atoms with van der Waals surface area (Å²) in [6.45, 7) is -0.0724. The Labute approximate surface area is 98.5 Å². The van der Waals surface area contributed by atoms with Gasteiger partial charge < -0.3 is 10.5 Å². The van der Waals surface area contributed by atoms with Crippen LogP contribution in [-0.2, 0) is 4.79 Å². The van der Waals surface area contributed by atoms with Crippen LogP contribution in [-0.4, -0.2) is 18.7 Å². The molecule has 0 fully saturated rings. The molecule has 0 unspecified atom stereocenters. The molecular weight excluding hydrogens is 216 g/mol. The van der Waals surface area contributed by atoms with Gasteiger partial charge in [-0.1, -0.05) is 18.2 Å². The largest absolute Gasteiger partial charge is 0.485 e. The molecule has 0 amide bonds. The molecule has 2 aromatic carbocycles. The molecule has 0 saturated heterocycles. The third kappa shape index (κ3) is 2.42. The fourth-order valence-corrected chi connectivity index (χ4v) is 1.59. The smallest absolute Gasteiger partial charge is 0.239 e. The first-order valence-corrected chi connectivity index (χ1v) is 5.07. The molecule has 0 atom stereocenters. The summed E-state index contributed by atoms with van der Waals surface area (Å²) < 4.78 is 5.15. The van der Waals surface area contributed by atoms with Gasteiger partial charge in [0.25, 0.3) is 0 Å². The van der Waals surface area contributed by atoms with Crippen LogP contribution in [0.15, 0.2) is 36.4 Å². The van der Waals surface area contributed by atoms with Gasteiger partial charge in [0.05, 0.1) is 0 Å². The number of nitrogen functional groups attached to an aromatic ring is 1. The summed E-state index contributed by atoms with van der Waals surface area (Å²) in [6, 6.07) is 10.9. The summed E-state index contributed by atoms with van der Waals surface area (Å²) in [5.74, 6) is 0.666. The Balaban J connectivity index is 2.39. The van der Waals surface area contributed by atoms with E-state index >= 15 is 0 Å². The van der Waals surface area contributed by atoms with E-state index in [1.165, 1.54) is 0 Å². The van der Waals surface area contributed by atoms with Crippen molar-refractivity contribution in [2.45, 2.75) is 0 Å². The summed E-state index contributed by atoms with van der Waals surface area (Å²) in [4.78, 5) is 10.1. The lowest BCUT2D eigenvalue weighted by atomic mass is 10.1. The molecule has 1 radical (unpaired) electrons. The van der Waals surface area contributed by atoms with Gasteiger partial charge in [-0.3, -0.25) is 10.2 Å². The number of rotatable bonds is 4. The van der Waals surface area contributed by atoms with Crippen LogP contribution in [0.25, 0.3) is 10.8 Å². The minimum absolute atomic E-state index is 0.0442.